The molecule has 0 radical (unpaired) electrons. The summed E-state index contributed by atoms with van der Waals surface area (Å²) in [5.74, 6) is -0.939. The van der Waals surface area contributed by atoms with Crippen molar-refractivity contribution in [1.29, 1.82) is 0 Å². The molecule has 2 heterocycles. The average Bonchev–Trinajstić information content (AvgIpc) is 3.20. The van der Waals surface area contributed by atoms with Crippen molar-refractivity contribution in [3.8, 4) is 0 Å². The monoisotopic (exact) mass is 482 g/mol. The summed E-state index contributed by atoms with van der Waals surface area (Å²) in [6.07, 6.45) is -4.44. The Morgan fingerprint density at radius 3 is 2.25 bits per heavy atom. The molecule has 2 aromatic carbocycles. The first-order chi connectivity index (χ1) is 14.9. The van der Waals surface area contributed by atoms with Crippen LogP contribution in [-0.4, -0.2) is 32.4 Å². The summed E-state index contributed by atoms with van der Waals surface area (Å²) >= 11 is 7.27. The summed E-state index contributed by atoms with van der Waals surface area (Å²) in [7, 11) is 0. The molecule has 0 saturated carbocycles. The van der Waals surface area contributed by atoms with E-state index >= 15 is 0 Å². The van der Waals surface area contributed by atoms with Gasteiger partial charge in [0.2, 0.25) is 0 Å². The first-order valence-corrected chi connectivity index (χ1v) is 11.4. The van der Waals surface area contributed by atoms with Crippen molar-refractivity contribution in [2.24, 2.45) is 10.9 Å². The van der Waals surface area contributed by atoms with E-state index in [1.807, 2.05) is 37.8 Å². The Morgan fingerprint density at radius 1 is 1.16 bits per heavy atom. The van der Waals surface area contributed by atoms with E-state index in [-0.39, 0.29) is 12.0 Å². The maximum absolute atomic E-state index is 13.2. The molecule has 32 heavy (non-hydrogen) atoms. The molecule has 0 aliphatic carbocycles. The number of hydrogen-bond donors (Lipinski definition) is 1. The van der Waals surface area contributed by atoms with E-state index in [1.165, 1.54) is 23.9 Å². The van der Waals surface area contributed by atoms with Crippen molar-refractivity contribution < 1.29 is 23.1 Å². The fraction of sp³-hybridized carbons (Fsp3) is 0.391. The highest BCUT2D eigenvalue weighted by molar-refractivity contribution is 8.15. The van der Waals surface area contributed by atoms with E-state index in [9.17, 15) is 23.1 Å². The minimum atomic E-state index is -4.44. The Bertz CT molecular complexity index is 1060. The third-order valence-corrected chi connectivity index (χ3v) is 7.63. The van der Waals surface area contributed by atoms with Gasteiger partial charge in [0.15, 0.2) is 5.17 Å². The van der Waals surface area contributed by atoms with E-state index in [0.717, 1.165) is 17.7 Å². The van der Waals surface area contributed by atoms with Crippen molar-refractivity contribution in [2.75, 3.05) is 0 Å². The van der Waals surface area contributed by atoms with E-state index in [2.05, 4.69) is 0 Å². The van der Waals surface area contributed by atoms with Crippen molar-refractivity contribution >= 4 is 34.5 Å². The number of alkyl halides is 3. The zero-order valence-corrected chi connectivity index (χ0v) is 19.2. The van der Waals surface area contributed by atoms with Gasteiger partial charge >= 0.3 is 12.1 Å². The van der Waals surface area contributed by atoms with Crippen LogP contribution in [0, 0.1) is 5.92 Å². The highest BCUT2D eigenvalue weighted by Gasteiger charge is 2.57. The van der Waals surface area contributed by atoms with Gasteiger partial charge in [-0.1, -0.05) is 61.5 Å². The summed E-state index contributed by atoms with van der Waals surface area (Å²) in [5.41, 5.74) is -0.0631. The molecule has 4 rings (SSSR count). The number of rotatable bonds is 4. The van der Waals surface area contributed by atoms with Crippen LogP contribution >= 0.6 is 23.4 Å². The quantitative estimate of drug-likeness (QED) is 0.562. The molecule has 2 aliphatic rings. The van der Waals surface area contributed by atoms with Gasteiger partial charge in [0.05, 0.1) is 17.6 Å². The SMILES string of the molecule is CC(C)C1C(C(=O)O)SC2=N[C@@](C)(c3ccc(Cl)cc3)[C@@H](c3ccc(C(F)(F)F)cc3)N21. The van der Waals surface area contributed by atoms with Crippen LogP contribution in [-0.2, 0) is 16.5 Å². The second-order valence-electron chi connectivity index (χ2n) is 8.59. The number of aliphatic imine (C=N–C) groups is 1. The third-order valence-electron chi connectivity index (χ3n) is 6.13. The molecule has 0 bridgehead atoms. The molecular weight excluding hydrogens is 461 g/mol. The molecule has 9 heteroatoms. The van der Waals surface area contributed by atoms with Gasteiger partial charge in [-0.2, -0.15) is 13.2 Å². The van der Waals surface area contributed by atoms with Crippen LogP contribution < -0.4 is 0 Å². The summed E-state index contributed by atoms with van der Waals surface area (Å²) in [4.78, 5) is 18.9. The minimum absolute atomic E-state index is 0.0131. The van der Waals surface area contributed by atoms with Crippen LogP contribution in [0.25, 0.3) is 0 Å². The number of hydrogen-bond acceptors (Lipinski definition) is 4. The predicted octanol–water partition coefficient (Wildman–Crippen LogP) is 6.21. The lowest BCUT2D eigenvalue weighted by Gasteiger charge is -2.40. The number of carbonyl (C=O) groups is 1. The van der Waals surface area contributed by atoms with Gasteiger partial charge in [0.1, 0.15) is 10.8 Å². The molecule has 1 saturated heterocycles. The molecule has 0 amide bonds. The number of thioether (sulfide) groups is 1. The average molecular weight is 483 g/mol. The van der Waals surface area contributed by atoms with Crippen LogP contribution in [0.4, 0.5) is 13.2 Å². The summed E-state index contributed by atoms with van der Waals surface area (Å²) in [6, 6.07) is 11.5. The Morgan fingerprint density at radius 2 is 1.75 bits per heavy atom. The highest BCUT2D eigenvalue weighted by atomic mass is 35.5. The first kappa shape index (κ1) is 23.0. The largest absolute Gasteiger partial charge is 0.480 e. The van der Waals surface area contributed by atoms with Crippen molar-refractivity contribution in [3.63, 3.8) is 0 Å². The molecule has 2 aromatic rings. The summed E-state index contributed by atoms with van der Waals surface area (Å²) in [5, 5.41) is 10.3. The Balaban J connectivity index is 1.87. The molecule has 0 aromatic heterocycles. The number of benzene rings is 2. The topological polar surface area (TPSA) is 52.9 Å². The van der Waals surface area contributed by atoms with Crippen LogP contribution in [0.15, 0.2) is 53.5 Å². The summed E-state index contributed by atoms with van der Waals surface area (Å²) in [6.45, 7) is 5.83. The second kappa shape index (κ2) is 7.99. The van der Waals surface area contributed by atoms with E-state index in [1.54, 1.807) is 12.1 Å². The van der Waals surface area contributed by atoms with Gasteiger partial charge in [-0.3, -0.25) is 4.79 Å². The lowest BCUT2D eigenvalue weighted by Crippen LogP contribution is -2.47. The molecule has 1 N–H and O–H groups in total. The van der Waals surface area contributed by atoms with Gasteiger partial charge in [-0.05, 0) is 48.2 Å². The standard InChI is InChI=1S/C23H22ClF3N2O2S/c1-12(2)17-18(20(30)31)32-21-28-22(3,14-8-10-16(24)11-9-14)19(29(17)21)13-4-6-15(7-5-13)23(25,26)27/h4-12,17-19H,1-3H3,(H,30,31)/t17?,18?,19-,22+/m1/s1. The van der Waals surface area contributed by atoms with E-state index in [4.69, 9.17) is 16.6 Å². The maximum Gasteiger partial charge on any atom is 0.416 e. The molecular formula is C23H22ClF3N2O2S. The zero-order chi connectivity index (χ0) is 23.4. The van der Waals surface area contributed by atoms with Gasteiger partial charge in [0, 0.05) is 5.02 Å². The van der Waals surface area contributed by atoms with Crippen molar-refractivity contribution in [3.05, 3.63) is 70.2 Å². The Kier molecular flexibility index (Phi) is 5.74. The molecule has 2 aliphatic heterocycles. The molecule has 4 nitrogen and oxygen atoms in total. The number of halogens is 4. The number of nitrogens with zero attached hydrogens (tertiary/aromatic N) is 2. The van der Waals surface area contributed by atoms with Gasteiger partial charge in [-0.25, -0.2) is 4.99 Å². The van der Waals surface area contributed by atoms with Crippen LogP contribution in [0.5, 0.6) is 0 Å². The number of aliphatic carboxylic acids is 1. The van der Waals surface area contributed by atoms with Gasteiger partial charge in [-0.15, -0.1) is 0 Å². The van der Waals surface area contributed by atoms with Crippen LogP contribution in [0.2, 0.25) is 5.02 Å². The summed E-state index contributed by atoms with van der Waals surface area (Å²) < 4.78 is 39.5. The Hall–Kier alpha value is -2.19. The molecule has 1 fully saturated rings. The number of carboxylic acid groups (broad SMARTS) is 1. The molecule has 2 unspecified atom stereocenters. The number of amidine groups is 1. The van der Waals surface area contributed by atoms with Crippen LogP contribution in [0.1, 0.15) is 43.5 Å². The van der Waals surface area contributed by atoms with Crippen molar-refractivity contribution in [1.82, 2.24) is 4.90 Å². The molecule has 170 valence electrons. The smallest absolute Gasteiger partial charge is 0.416 e. The highest BCUT2D eigenvalue weighted by Crippen LogP contribution is 2.55. The zero-order valence-electron chi connectivity index (χ0n) is 17.6. The minimum Gasteiger partial charge on any atom is -0.480 e. The third kappa shape index (κ3) is 3.77. The van der Waals surface area contributed by atoms with Gasteiger partial charge in [0.25, 0.3) is 0 Å². The fourth-order valence-electron chi connectivity index (χ4n) is 4.63. The predicted molar refractivity (Wildman–Crippen MR) is 120 cm³/mol. The first-order valence-electron chi connectivity index (χ1n) is 10.1. The number of carboxylic acids is 1. The second-order valence-corrected chi connectivity index (χ2v) is 10.1. The maximum atomic E-state index is 13.2. The normalized spacial score (nSPS) is 27.6. The fourth-order valence-corrected chi connectivity index (χ4v) is 6.26. The molecule has 4 atom stereocenters. The molecule has 0 spiro atoms. The van der Waals surface area contributed by atoms with E-state index in [0.29, 0.717) is 15.8 Å². The van der Waals surface area contributed by atoms with Gasteiger partial charge < -0.3 is 10.0 Å². The lowest BCUT2D eigenvalue weighted by atomic mass is 9.80. The Labute approximate surface area is 193 Å². The van der Waals surface area contributed by atoms with Crippen molar-refractivity contribution in [2.45, 2.75) is 49.8 Å². The van der Waals surface area contributed by atoms with Crippen LogP contribution in [0.3, 0.4) is 0 Å². The van der Waals surface area contributed by atoms with E-state index < -0.39 is 34.5 Å². The lowest BCUT2D eigenvalue weighted by molar-refractivity contribution is -0.138. The number of fused-ring (bicyclic) bond motifs is 1.